The van der Waals surface area contributed by atoms with Crippen molar-refractivity contribution in [3.63, 3.8) is 0 Å². The molecule has 0 aliphatic carbocycles. The summed E-state index contributed by atoms with van der Waals surface area (Å²) in [5.41, 5.74) is 8.53. The van der Waals surface area contributed by atoms with Crippen molar-refractivity contribution in [2.24, 2.45) is 0 Å². The predicted octanol–water partition coefficient (Wildman–Crippen LogP) is 3.66. The molecule has 104 valence electrons. The zero-order valence-electron chi connectivity index (χ0n) is 10.7. The number of rotatable bonds is 4. The first-order chi connectivity index (χ1) is 8.87. The molecule has 0 fully saturated rings. The van der Waals surface area contributed by atoms with Gasteiger partial charge in [-0.25, -0.2) is 4.98 Å². The first-order valence-electron chi connectivity index (χ1n) is 6.16. The van der Waals surface area contributed by atoms with Crippen LogP contribution in [0.3, 0.4) is 0 Å². The number of nitrogens with two attached hydrogens (primary N) is 1. The minimum atomic E-state index is -4.08. The van der Waals surface area contributed by atoms with Crippen LogP contribution in [0.25, 0.3) is 11.0 Å². The van der Waals surface area contributed by atoms with E-state index in [1.54, 1.807) is 4.57 Å². The van der Waals surface area contributed by atoms with Gasteiger partial charge in [0.2, 0.25) is 5.95 Å². The van der Waals surface area contributed by atoms with Gasteiger partial charge in [-0.05, 0) is 37.5 Å². The van der Waals surface area contributed by atoms with Gasteiger partial charge in [0, 0.05) is 13.0 Å². The lowest BCUT2D eigenvalue weighted by Crippen LogP contribution is -2.08. The smallest absolute Gasteiger partial charge is 0.369 e. The van der Waals surface area contributed by atoms with E-state index in [4.69, 9.17) is 5.73 Å². The molecule has 0 saturated heterocycles. The number of hydrogen-bond acceptors (Lipinski definition) is 2. The molecule has 0 aliphatic rings. The van der Waals surface area contributed by atoms with Crippen molar-refractivity contribution in [3.05, 3.63) is 23.8 Å². The second-order valence-corrected chi connectivity index (χ2v) is 4.69. The first kappa shape index (κ1) is 13.7. The molecule has 1 heterocycles. The van der Waals surface area contributed by atoms with E-state index < -0.39 is 12.6 Å². The number of fused-ring (bicyclic) bond motifs is 1. The van der Waals surface area contributed by atoms with Gasteiger partial charge < -0.3 is 10.3 Å². The minimum absolute atomic E-state index is 0.106. The zero-order chi connectivity index (χ0) is 14.0. The number of imidazole rings is 1. The molecule has 1 aromatic carbocycles. The van der Waals surface area contributed by atoms with Gasteiger partial charge in [0.25, 0.3) is 0 Å². The highest BCUT2D eigenvalue weighted by atomic mass is 19.4. The van der Waals surface area contributed by atoms with Gasteiger partial charge in [0.1, 0.15) is 0 Å². The standard InChI is InChI=1S/C13H16F3N3/c1-9-4-5-10-11(8-9)19(12(17)18-10)7-3-2-6-13(14,15)16/h4-5,8H,2-3,6-7H2,1H3,(H2,17,18). The Bertz CT molecular complexity index is 572. The average molecular weight is 271 g/mol. The zero-order valence-corrected chi connectivity index (χ0v) is 10.7. The van der Waals surface area contributed by atoms with Crippen LogP contribution in [0, 0.1) is 6.92 Å². The van der Waals surface area contributed by atoms with Gasteiger partial charge in [0.15, 0.2) is 0 Å². The fraction of sp³-hybridized carbons (Fsp3) is 0.462. The van der Waals surface area contributed by atoms with Crippen LogP contribution in [0.2, 0.25) is 0 Å². The minimum Gasteiger partial charge on any atom is -0.369 e. The molecule has 0 aliphatic heterocycles. The van der Waals surface area contributed by atoms with E-state index in [2.05, 4.69) is 4.98 Å². The molecule has 2 rings (SSSR count). The van der Waals surface area contributed by atoms with E-state index in [1.807, 2.05) is 25.1 Å². The summed E-state index contributed by atoms with van der Waals surface area (Å²) >= 11 is 0. The fourth-order valence-electron chi connectivity index (χ4n) is 2.08. The number of aryl methyl sites for hydroxylation is 2. The van der Waals surface area contributed by atoms with Gasteiger partial charge in [-0.3, -0.25) is 0 Å². The Kier molecular flexibility index (Phi) is 3.68. The third-order valence-electron chi connectivity index (χ3n) is 3.03. The summed E-state index contributed by atoms with van der Waals surface area (Å²) in [4.78, 5) is 4.20. The Morgan fingerprint density at radius 2 is 2.00 bits per heavy atom. The molecule has 0 spiro atoms. The molecule has 1 aromatic heterocycles. The van der Waals surface area contributed by atoms with Crippen LogP contribution in [0.4, 0.5) is 19.1 Å². The summed E-state index contributed by atoms with van der Waals surface area (Å²) in [6.45, 7) is 2.42. The lowest BCUT2D eigenvalue weighted by atomic mass is 10.2. The van der Waals surface area contributed by atoms with E-state index in [0.717, 1.165) is 16.6 Å². The van der Waals surface area contributed by atoms with Gasteiger partial charge in [0.05, 0.1) is 11.0 Å². The molecule has 0 saturated carbocycles. The van der Waals surface area contributed by atoms with Crippen LogP contribution in [0.1, 0.15) is 24.8 Å². The molecule has 0 radical (unpaired) electrons. The van der Waals surface area contributed by atoms with Crippen molar-refractivity contribution < 1.29 is 13.2 Å². The maximum absolute atomic E-state index is 12.1. The molecule has 6 heteroatoms. The topological polar surface area (TPSA) is 43.8 Å². The van der Waals surface area contributed by atoms with Crippen molar-refractivity contribution in [2.75, 3.05) is 5.73 Å². The average Bonchev–Trinajstić information content (AvgIpc) is 2.59. The lowest BCUT2D eigenvalue weighted by Gasteiger charge is -2.08. The Morgan fingerprint density at radius 1 is 1.26 bits per heavy atom. The lowest BCUT2D eigenvalue weighted by molar-refractivity contribution is -0.135. The van der Waals surface area contributed by atoms with Gasteiger partial charge in [-0.15, -0.1) is 0 Å². The second-order valence-electron chi connectivity index (χ2n) is 4.69. The fourth-order valence-corrected chi connectivity index (χ4v) is 2.08. The number of alkyl halides is 3. The molecule has 2 aromatic rings. The molecule has 0 bridgehead atoms. The number of hydrogen-bond donors (Lipinski definition) is 1. The van der Waals surface area contributed by atoms with Crippen LogP contribution in [-0.2, 0) is 6.54 Å². The first-order valence-corrected chi connectivity index (χ1v) is 6.16. The number of aromatic nitrogens is 2. The third-order valence-corrected chi connectivity index (χ3v) is 3.03. The number of nitrogens with zero attached hydrogens (tertiary/aromatic N) is 2. The summed E-state index contributed by atoms with van der Waals surface area (Å²) in [5, 5.41) is 0. The Hall–Kier alpha value is -1.72. The summed E-state index contributed by atoms with van der Waals surface area (Å²) < 4.78 is 38.0. The summed E-state index contributed by atoms with van der Waals surface area (Å²) in [6.07, 6.45) is -4.30. The number of nitrogen functional groups attached to an aromatic ring is 1. The highest BCUT2D eigenvalue weighted by Gasteiger charge is 2.25. The van der Waals surface area contributed by atoms with E-state index in [-0.39, 0.29) is 6.42 Å². The number of halogens is 3. The second kappa shape index (κ2) is 5.11. The Labute approximate surface area is 109 Å². The highest BCUT2D eigenvalue weighted by Crippen LogP contribution is 2.24. The van der Waals surface area contributed by atoms with Crippen LogP contribution in [-0.4, -0.2) is 15.7 Å². The van der Waals surface area contributed by atoms with Crippen LogP contribution in [0.5, 0.6) is 0 Å². The van der Waals surface area contributed by atoms with Crippen molar-refractivity contribution in [1.29, 1.82) is 0 Å². The van der Waals surface area contributed by atoms with Crippen molar-refractivity contribution in [2.45, 2.75) is 38.9 Å². The van der Waals surface area contributed by atoms with Crippen molar-refractivity contribution in [3.8, 4) is 0 Å². The molecule has 0 unspecified atom stereocenters. The third kappa shape index (κ3) is 3.39. The van der Waals surface area contributed by atoms with Crippen LogP contribution >= 0.6 is 0 Å². The molecular weight excluding hydrogens is 255 g/mol. The van der Waals surface area contributed by atoms with E-state index in [0.29, 0.717) is 18.9 Å². The molecule has 19 heavy (non-hydrogen) atoms. The van der Waals surface area contributed by atoms with E-state index in [9.17, 15) is 13.2 Å². The van der Waals surface area contributed by atoms with Crippen LogP contribution in [0.15, 0.2) is 18.2 Å². The van der Waals surface area contributed by atoms with E-state index in [1.165, 1.54) is 0 Å². The molecular formula is C13H16F3N3. The maximum Gasteiger partial charge on any atom is 0.389 e. The summed E-state index contributed by atoms with van der Waals surface area (Å²) in [5.74, 6) is 0.354. The quantitative estimate of drug-likeness (QED) is 0.862. The number of anilines is 1. The SMILES string of the molecule is Cc1ccc2nc(N)n(CCCCC(F)(F)F)c2c1. The largest absolute Gasteiger partial charge is 0.389 e. The molecule has 3 nitrogen and oxygen atoms in total. The molecule has 0 amide bonds. The van der Waals surface area contributed by atoms with E-state index >= 15 is 0 Å². The number of benzene rings is 1. The van der Waals surface area contributed by atoms with Gasteiger partial charge >= 0.3 is 6.18 Å². The van der Waals surface area contributed by atoms with Crippen molar-refractivity contribution in [1.82, 2.24) is 9.55 Å². The Balaban J connectivity index is 2.08. The molecule has 2 N–H and O–H groups in total. The predicted molar refractivity (Wildman–Crippen MR) is 68.8 cm³/mol. The van der Waals surface area contributed by atoms with Crippen molar-refractivity contribution >= 4 is 17.0 Å². The highest BCUT2D eigenvalue weighted by molar-refractivity contribution is 5.79. The number of unbranched alkanes of at least 4 members (excludes halogenated alkanes) is 1. The summed E-state index contributed by atoms with van der Waals surface area (Å²) in [7, 11) is 0. The maximum atomic E-state index is 12.1. The van der Waals surface area contributed by atoms with Gasteiger partial charge in [-0.2, -0.15) is 13.2 Å². The monoisotopic (exact) mass is 271 g/mol. The normalized spacial score (nSPS) is 12.2. The molecule has 0 atom stereocenters. The van der Waals surface area contributed by atoms with Gasteiger partial charge in [-0.1, -0.05) is 6.07 Å². The Morgan fingerprint density at radius 3 is 2.68 bits per heavy atom. The summed E-state index contributed by atoms with van der Waals surface area (Å²) in [6, 6.07) is 5.75. The van der Waals surface area contributed by atoms with Crippen LogP contribution < -0.4 is 5.73 Å².